The monoisotopic (exact) mass is 187 g/mol. The average Bonchev–Trinajstić information content (AvgIpc) is 2.42. The maximum atomic E-state index is 13.1. The van der Waals surface area contributed by atoms with E-state index in [1.54, 1.807) is 0 Å². The molecular weight excluding hydrogens is 179 g/mol. The Labute approximate surface area is 73.4 Å². The molecule has 0 bridgehead atoms. The molecule has 70 valence electrons. The predicted molar refractivity (Wildman–Crippen MR) is 41.7 cm³/mol. The van der Waals surface area contributed by atoms with Gasteiger partial charge in [0.2, 0.25) is 0 Å². The molecule has 4 heteroatoms. The van der Waals surface area contributed by atoms with Crippen LogP contribution in [0.1, 0.15) is 11.1 Å². The molecular formula is C9H8F3N. The minimum Gasteiger partial charge on any atom is -0.327 e. The summed E-state index contributed by atoms with van der Waals surface area (Å²) in [7, 11) is 0. The third kappa shape index (κ3) is 1.21. The van der Waals surface area contributed by atoms with E-state index in [0.717, 1.165) is 6.07 Å². The molecule has 1 nitrogen and oxygen atoms in total. The van der Waals surface area contributed by atoms with Gasteiger partial charge in [-0.15, -0.1) is 0 Å². The Morgan fingerprint density at radius 2 is 1.85 bits per heavy atom. The number of nitrogens with two attached hydrogens (primary N) is 1. The Bertz CT molecular complexity index is 362. The molecule has 0 aromatic heterocycles. The molecule has 1 aliphatic rings. The Balaban J connectivity index is 2.60. The van der Waals surface area contributed by atoms with Crippen LogP contribution < -0.4 is 5.73 Å². The van der Waals surface area contributed by atoms with E-state index in [9.17, 15) is 13.2 Å². The van der Waals surface area contributed by atoms with Gasteiger partial charge in [0, 0.05) is 6.04 Å². The highest BCUT2D eigenvalue weighted by Gasteiger charge is 2.25. The number of rotatable bonds is 0. The first kappa shape index (κ1) is 8.56. The first-order chi connectivity index (χ1) is 6.09. The van der Waals surface area contributed by atoms with Gasteiger partial charge in [0.05, 0.1) is 0 Å². The Morgan fingerprint density at radius 1 is 1.15 bits per heavy atom. The van der Waals surface area contributed by atoms with Gasteiger partial charge < -0.3 is 5.73 Å². The van der Waals surface area contributed by atoms with Crippen LogP contribution in [0.5, 0.6) is 0 Å². The molecule has 0 saturated heterocycles. The van der Waals surface area contributed by atoms with Gasteiger partial charge in [-0.1, -0.05) is 0 Å². The van der Waals surface area contributed by atoms with Crippen LogP contribution in [0, 0.1) is 17.5 Å². The average molecular weight is 187 g/mol. The van der Waals surface area contributed by atoms with Crippen LogP contribution in [0.3, 0.4) is 0 Å². The van der Waals surface area contributed by atoms with Crippen molar-refractivity contribution in [2.24, 2.45) is 5.73 Å². The van der Waals surface area contributed by atoms with Crippen molar-refractivity contribution in [1.82, 2.24) is 0 Å². The summed E-state index contributed by atoms with van der Waals surface area (Å²) >= 11 is 0. The lowest BCUT2D eigenvalue weighted by Gasteiger charge is -2.02. The van der Waals surface area contributed by atoms with Gasteiger partial charge >= 0.3 is 0 Å². The van der Waals surface area contributed by atoms with Gasteiger partial charge in [0.1, 0.15) is 0 Å². The fourth-order valence-corrected chi connectivity index (χ4v) is 1.70. The van der Waals surface area contributed by atoms with Crippen LogP contribution in [0.4, 0.5) is 13.2 Å². The maximum Gasteiger partial charge on any atom is 0.194 e. The van der Waals surface area contributed by atoms with Gasteiger partial charge in [0.25, 0.3) is 0 Å². The summed E-state index contributed by atoms with van der Waals surface area (Å²) < 4.78 is 38.5. The van der Waals surface area contributed by atoms with Crippen LogP contribution in [-0.4, -0.2) is 6.04 Å². The third-order valence-corrected chi connectivity index (χ3v) is 2.30. The van der Waals surface area contributed by atoms with Crippen molar-refractivity contribution in [3.63, 3.8) is 0 Å². The quantitative estimate of drug-likeness (QED) is 0.612. The second-order valence-electron chi connectivity index (χ2n) is 3.29. The van der Waals surface area contributed by atoms with Gasteiger partial charge in [0.15, 0.2) is 17.5 Å². The lowest BCUT2D eigenvalue weighted by atomic mass is 10.1. The molecule has 1 atom stereocenters. The van der Waals surface area contributed by atoms with Crippen molar-refractivity contribution in [3.05, 3.63) is 34.6 Å². The summed E-state index contributed by atoms with van der Waals surface area (Å²) in [6.45, 7) is 0. The van der Waals surface area contributed by atoms with E-state index in [-0.39, 0.29) is 11.6 Å². The number of fused-ring (bicyclic) bond motifs is 1. The zero-order valence-electron chi connectivity index (χ0n) is 6.78. The fourth-order valence-electron chi connectivity index (χ4n) is 1.70. The van der Waals surface area contributed by atoms with Crippen molar-refractivity contribution in [2.45, 2.75) is 18.9 Å². The van der Waals surface area contributed by atoms with E-state index < -0.39 is 17.5 Å². The lowest BCUT2D eigenvalue weighted by molar-refractivity contribution is 0.441. The van der Waals surface area contributed by atoms with Gasteiger partial charge in [-0.25, -0.2) is 13.2 Å². The first-order valence-corrected chi connectivity index (χ1v) is 4.00. The fraction of sp³-hybridized carbons (Fsp3) is 0.333. The van der Waals surface area contributed by atoms with Crippen molar-refractivity contribution in [1.29, 1.82) is 0 Å². The zero-order chi connectivity index (χ0) is 9.59. The van der Waals surface area contributed by atoms with Gasteiger partial charge in [-0.3, -0.25) is 0 Å². The van der Waals surface area contributed by atoms with Crippen molar-refractivity contribution in [2.75, 3.05) is 0 Å². The number of benzene rings is 1. The summed E-state index contributed by atoms with van der Waals surface area (Å²) in [4.78, 5) is 0. The predicted octanol–water partition coefficient (Wildman–Crippen LogP) is 1.53. The first-order valence-electron chi connectivity index (χ1n) is 4.00. The number of hydrogen-bond donors (Lipinski definition) is 1. The van der Waals surface area contributed by atoms with Crippen LogP contribution in [0.15, 0.2) is 6.07 Å². The number of hydrogen-bond acceptors (Lipinski definition) is 1. The molecule has 0 spiro atoms. The standard InChI is InChI=1S/C9H8F3N/c10-7-2-4-1-5(13)3-6(4)8(11)9(7)12/h2,5H,1,3,13H2. The highest BCUT2D eigenvalue weighted by Crippen LogP contribution is 2.27. The molecule has 0 saturated carbocycles. The van der Waals surface area contributed by atoms with Crippen molar-refractivity contribution >= 4 is 0 Å². The summed E-state index contributed by atoms with van der Waals surface area (Å²) in [5, 5.41) is 0. The van der Waals surface area contributed by atoms with E-state index in [4.69, 9.17) is 5.73 Å². The smallest absolute Gasteiger partial charge is 0.194 e. The highest BCUT2D eigenvalue weighted by molar-refractivity contribution is 5.35. The van der Waals surface area contributed by atoms with E-state index in [1.807, 2.05) is 0 Å². The minimum atomic E-state index is -1.40. The summed E-state index contributed by atoms with van der Waals surface area (Å²) in [6, 6.07) is 0.811. The summed E-state index contributed by atoms with van der Waals surface area (Å²) in [5.41, 5.74) is 6.26. The SMILES string of the molecule is NC1Cc2cc(F)c(F)c(F)c2C1. The molecule has 0 fully saturated rings. The molecule has 1 unspecified atom stereocenters. The Hall–Kier alpha value is -1.03. The third-order valence-electron chi connectivity index (χ3n) is 2.30. The van der Waals surface area contributed by atoms with Crippen LogP contribution in [0.25, 0.3) is 0 Å². The van der Waals surface area contributed by atoms with Crippen LogP contribution in [-0.2, 0) is 12.8 Å². The molecule has 0 amide bonds. The van der Waals surface area contributed by atoms with Gasteiger partial charge in [-0.05, 0) is 30.0 Å². The largest absolute Gasteiger partial charge is 0.327 e. The van der Waals surface area contributed by atoms with Crippen molar-refractivity contribution < 1.29 is 13.2 Å². The van der Waals surface area contributed by atoms with E-state index in [1.165, 1.54) is 0 Å². The molecule has 0 aliphatic heterocycles. The highest BCUT2D eigenvalue weighted by atomic mass is 19.2. The zero-order valence-corrected chi connectivity index (χ0v) is 6.78. The maximum absolute atomic E-state index is 13.1. The van der Waals surface area contributed by atoms with Crippen LogP contribution in [0.2, 0.25) is 0 Å². The second kappa shape index (κ2) is 2.73. The molecule has 0 radical (unpaired) electrons. The summed E-state index contributed by atoms with van der Waals surface area (Å²) in [5.74, 6) is -3.61. The summed E-state index contributed by atoms with van der Waals surface area (Å²) in [6.07, 6.45) is 0.710. The minimum absolute atomic E-state index is 0.217. The Morgan fingerprint density at radius 3 is 2.54 bits per heavy atom. The molecule has 0 heterocycles. The molecule has 13 heavy (non-hydrogen) atoms. The van der Waals surface area contributed by atoms with E-state index in [0.29, 0.717) is 18.4 Å². The molecule has 1 aromatic carbocycles. The van der Waals surface area contributed by atoms with E-state index in [2.05, 4.69) is 0 Å². The lowest BCUT2D eigenvalue weighted by Crippen LogP contribution is -2.19. The molecule has 2 N–H and O–H groups in total. The molecule has 1 aromatic rings. The van der Waals surface area contributed by atoms with Gasteiger partial charge in [-0.2, -0.15) is 0 Å². The van der Waals surface area contributed by atoms with E-state index >= 15 is 0 Å². The van der Waals surface area contributed by atoms with Crippen molar-refractivity contribution in [3.8, 4) is 0 Å². The van der Waals surface area contributed by atoms with Crippen LogP contribution >= 0.6 is 0 Å². The number of halogens is 3. The Kier molecular flexibility index (Phi) is 1.80. The molecule has 2 rings (SSSR count). The molecule has 1 aliphatic carbocycles. The topological polar surface area (TPSA) is 26.0 Å². The second-order valence-corrected chi connectivity index (χ2v) is 3.29. The normalized spacial score (nSPS) is 20.5.